The summed E-state index contributed by atoms with van der Waals surface area (Å²) >= 11 is 0. The number of amides is 1. The van der Waals surface area contributed by atoms with E-state index in [1.165, 1.54) is 12.8 Å². The van der Waals surface area contributed by atoms with Gasteiger partial charge in [0.15, 0.2) is 0 Å². The second-order valence-corrected chi connectivity index (χ2v) is 5.12. The van der Waals surface area contributed by atoms with E-state index in [0.29, 0.717) is 11.5 Å². The zero-order valence-electron chi connectivity index (χ0n) is 12.1. The van der Waals surface area contributed by atoms with Crippen molar-refractivity contribution in [1.82, 2.24) is 20.8 Å². The van der Waals surface area contributed by atoms with Crippen molar-refractivity contribution in [2.75, 3.05) is 19.6 Å². The highest BCUT2D eigenvalue weighted by atomic mass is 35.5. The SMILES string of the molecule is CCc1nnc(C)cc1C(=O)NCC1CCCNC1.Cl. The van der Waals surface area contributed by atoms with Gasteiger partial charge in [-0.1, -0.05) is 6.92 Å². The first-order chi connectivity index (χ1) is 9.20. The lowest BCUT2D eigenvalue weighted by Gasteiger charge is -2.23. The van der Waals surface area contributed by atoms with E-state index in [2.05, 4.69) is 20.8 Å². The molecule has 1 saturated heterocycles. The number of aryl methyl sites for hydroxylation is 2. The standard InChI is InChI=1S/C14H22N4O.ClH/c1-3-13-12(7-10(2)17-18-13)14(19)16-9-11-5-4-6-15-8-11;/h7,11,15H,3-6,8-9H2,1-2H3,(H,16,19);1H. The summed E-state index contributed by atoms with van der Waals surface area (Å²) in [4.78, 5) is 12.2. The number of carbonyl (C=O) groups is 1. The van der Waals surface area contributed by atoms with Crippen LogP contribution in [0.4, 0.5) is 0 Å². The molecule has 1 fully saturated rings. The Kier molecular flexibility index (Phi) is 6.88. The van der Waals surface area contributed by atoms with Gasteiger partial charge < -0.3 is 10.6 Å². The number of nitrogens with zero attached hydrogens (tertiary/aromatic N) is 2. The average Bonchev–Trinajstić information content (AvgIpc) is 2.46. The maximum Gasteiger partial charge on any atom is 0.253 e. The summed E-state index contributed by atoms with van der Waals surface area (Å²) in [6.07, 6.45) is 3.10. The van der Waals surface area contributed by atoms with Crippen LogP contribution >= 0.6 is 12.4 Å². The summed E-state index contributed by atoms with van der Waals surface area (Å²) in [6, 6.07) is 1.82. The number of halogens is 1. The molecular weight excluding hydrogens is 276 g/mol. The van der Waals surface area contributed by atoms with Gasteiger partial charge in [-0.25, -0.2) is 0 Å². The fourth-order valence-corrected chi connectivity index (χ4v) is 2.40. The third-order valence-electron chi connectivity index (χ3n) is 3.52. The van der Waals surface area contributed by atoms with Gasteiger partial charge in [0.05, 0.1) is 17.0 Å². The van der Waals surface area contributed by atoms with E-state index in [4.69, 9.17) is 0 Å². The van der Waals surface area contributed by atoms with E-state index >= 15 is 0 Å². The van der Waals surface area contributed by atoms with Crippen LogP contribution in [0.5, 0.6) is 0 Å². The van der Waals surface area contributed by atoms with Gasteiger partial charge in [-0.15, -0.1) is 12.4 Å². The van der Waals surface area contributed by atoms with Crippen LogP contribution in [0.2, 0.25) is 0 Å². The molecule has 1 atom stereocenters. The molecule has 112 valence electrons. The Hall–Kier alpha value is -1.20. The summed E-state index contributed by atoms with van der Waals surface area (Å²) in [5.74, 6) is 0.513. The second kappa shape index (κ2) is 8.17. The minimum absolute atomic E-state index is 0. The molecule has 6 heteroatoms. The van der Waals surface area contributed by atoms with E-state index in [1.807, 2.05) is 19.9 Å². The van der Waals surface area contributed by atoms with Crippen molar-refractivity contribution in [3.63, 3.8) is 0 Å². The van der Waals surface area contributed by atoms with E-state index in [1.54, 1.807) is 0 Å². The molecule has 2 rings (SSSR count). The second-order valence-electron chi connectivity index (χ2n) is 5.12. The highest BCUT2D eigenvalue weighted by Gasteiger charge is 2.16. The van der Waals surface area contributed by atoms with Crippen molar-refractivity contribution in [2.45, 2.75) is 33.1 Å². The van der Waals surface area contributed by atoms with Crippen LogP contribution in [-0.4, -0.2) is 35.7 Å². The van der Waals surface area contributed by atoms with Crippen LogP contribution in [-0.2, 0) is 6.42 Å². The summed E-state index contributed by atoms with van der Waals surface area (Å²) in [5, 5.41) is 14.5. The minimum Gasteiger partial charge on any atom is -0.352 e. The minimum atomic E-state index is -0.0274. The summed E-state index contributed by atoms with van der Waals surface area (Å²) in [5.41, 5.74) is 2.21. The topological polar surface area (TPSA) is 66.9 Å². The van der Waals surface area contributed by atoms with Gasteiger partial charge in [0.2, 0.25) is 0 Å². The van der Waals surface area contributed by atoms with Gasteiger partial charge in [-0.05, 0) is 51.3 Å². The number of carbonyl (C=O) groups excluding carboxylic acids is 1. The van der Waals surface area contributed by atoms with Gasteiger partial charge >= 0.3 is 0 Å². The van der Waals surface area contributed by atoms with Crippen LogP contribution in [0.25, 0.3) is 0 Å². The van der Waals surface area contributed by atoms with Crippen molar-refractivity contribution >= 4 is 18.3 Å². The molecular formula is C14H23ClN4O. The van der Waals surface area contributed by atoms with Crippen molar-refractivity contribution < 1.29 is 4.79 Å². The fourth-order valence-electron chi connectivity index (χ4n) is 2.40. The smallest absolute Gasteiger partial charge is 0.253 e. The predicted octanol–water partition coefficient (Wildman–Crippen LogP) is 1.50. The van der Waals surface area contributed by atoms with Gasteiger partial charge in [0.25, 0.3) is 5.91 Å². The Labute approximate surface area is 126 Å². The van der Waals surface area contributed by atoms with Gasteiger partial charge in [-0.3, -0.25) is 4.79 Å². The summed E-state index contributed by atoms with van der Waals surface area (Å²) in [6.45, 7) is 6.66. The molecule has 0 radical (unpaired) electrons. The van der Waals surface area contributed by atoms with Crippen LogP contribution in [0.1, 0.15) is 41.5 Å². The summed E-state index contributed by atoms with van der Waals surface area (Å²) < 4.78 is 0. The molecule has 1 aliphatic rings. The normalized spacial score (nSPS) is 18.2. The molecule has 20 heavy (non-hydrogen) atoms. The Bertz CT molecular complexity index is 447. The van der Waals surface area contributed by atoms with Crippen molar-refractivity contribution in [3.05, 3.63) is 23.0 Å². The predicted molar refractivity (Wildman–Crippen MR) is 81.3 cm³/mol. The van der Waals surface area contributed by atoms with Crippen LogP contribution in [0.3, 0.4) is 0 Å². The number of rotatable bonds is 4. The maximum atomic E-state index is 12.2. The Balaban J connectivity index is 0.00000200. The Morgan fingerprint density at radius 2 is 2.30 bits per heavy atom. The molecule has 1 aromatic rings. The monoisotopic (exact) mass is 298 g/mol. The molecule has 0 spiro atoms. The maximum absolute atomic E-state index is 12.2. The van der Waals surface area contributed by atoms with Crippen LogP contribution in [0, 0.1) is 12.8 Å². The average molecular weight is 299 g/mol. The van der Waals surface area contributed by atoms with Gasteiger partial charge in [-0.2, -0.15) is 10.2 Å². The molecule has 1 unspecified atom stereocenters. The lowest BCUT2D eigenvalue weighted by Crippen LogP contribution is -2.38. The first-order valence-corrected chi connectivity index (χ1v) is 7.02. The number of piperidine rings is 1. The molecule has 2 N–H and O–H groups in total. The van der Waals surface area contributed by atoms with E-state index in [0.717, 1.165) is 37.4 Å². The molecule has 1 aliphatic heterocycles. The molecule has 2 heterocycles. The largest absolute Gasteiger partial charge is 0.352 e. The summed E-state index contributed by atoms with van der Waals surface area (Å²) in [7, 11) is 0. The van der Waals surface area contributed by atoms with E-state index < -0.39 is 0 Å². The number of hydrogen-bond acceptors (Lipinski definition) is 4. The van der Waals surface area contributed by atoms with Gasteiger partial charge in [0, 0.05) is 6.54 Å². The van der Waals surface area contributed by atoms with Crippen molar-refractivity contribution in [1.29, 1.82) is 0 Å². The number of aromatic nitrogens is 2. The molecule has 5 nitrogen and oxygen atoms in total. The van der Waals surface area contributed by atoms with Gasteiger partial charge in [0.1, 0.15) is 0 Å². The molecule has 0 aromatic carbocycles. The van der Waals surface area contributed by atoms with Crippen LogP contribution < -0.4 is 10.6 Å². The first-order valence-electron chi connectivity index (χ1n) is 7.02. The van der Waals surface area contributed by atoms with Crippen LogP contribution in [0.15, 0.2) is 6.07 Å². The van der Waals surface area contributed by atoms with E-state index in [9.17, 15) is 4.79 Å². The zero-order chi connectivity index (χ0) is 13.7. The Morgan fingerprint density at radius 3 is 2.95 bits per heavy atom. The fraction of sp³-hybridized carbons (Fsp3) is 0.643. The highest BCUT2D eigenvalue weighted by Crippen LogP contribution is 2.10. The third-order valence-corrected chi connectivity index (χ3v) is 3.52. The first kappa shape index (κ1) is 16.9. The lowest BCUT2D eigenvalue weighted by molar-refractivity contribution is 0.0943. The molecule has 0 bridgehead atoms. The lowest BCUT2D eigenvalue weighted by atomic mass is 9.99. The molecule has 1 aromatic heterocycles. The molecule has 0 saturated carbocycles. The van der Waals surface area contributed by atoms with Crippen molar-refractivity contribution in [3.8, 4) is 0 Å². The zero-order valence-corrected chi connectivity index (χ0v) is 12.9. The van der Waals surface area contributed by atoms with E-state index in [-0.39, 0.29) is 18.3 Å². The van der Waals surface area contributed by atoms with Crippen molar-refractivity contribution in [2.24, 2.45) is 5.92 Å². The third kappa shape index (κ3) is 4.42. The molecule has 1 amide bonds. The highest BCUT2D eigenvalue weighted by molar-refractivity contribution is 5.95. The quantitative estimate of drug-likeness (QED) is 0.884. The number of hydrogen-bond donors (Lipinski definition) is 2. The molecule has 0 aliphatic carbocycles. The Morgan fingerprint density at radius 1 is 1.50 bits per heavy atom. The number of nitrogens with one attached hydrogen (secondary N) is 2.